The van der Waals surface area contributed by atoms with Crippen LogP contribution in [-0.2, 0) is 10.0 Å². The average Bonchev–Trinajstić information content (AvgIpc) is 2.62. The Balaban J connectivity index is 2.04. The van der Waals surface area contributed by atoms with Crippen LogP contribution >= 0.6 is 11.8 Å². The number of anilines is 1. The molecule has 0 saturated carbocycles. The molecule has 2 rings (SSSR count). The van der Waals surface area contributed by atoms with E-state index in [-0.39, 0.29) is 22.1 Å². The summed E-state index contributed by atoms with van der Waals surface area (Å²) in [5.74, 6) is -0.356. The smallest absolute Gasteiger partial charge is 0.285 e. The number of amides is 2. The van der Waals surface area contributed by atoms with E-state index in [1.165, 1.54) is 29.2 Å². The molecule has 0 saturated heterocycles. The highest BCUT2D eigenvalue weighted by atomic mass is 32.2. The molecule has 0 spiro atoms. The van der Waals surface area contributed by atoms with Crippen LogP contribution in [0.3, 0.4) is 0 Å². The van der Waals surface area contributed by atoms with Crippen LogP contribution in [-0.4, -0.2) is 44.6 Å². The Morgan fingerprint density at radius 2 is 1.54 bits per heavy atom. The second-order valence-electron chi connectivity index (χ2n) is 6.54. The van der Waals surface area contributed by atoms with Crippen molar-refractivity contribution in [3.63, 3.8) is 0 Å². The molecule has 0 aliphatic carbocycles. The van der Waals surface area contributed by atoms with Crippen LogP contribution in [0.15, 0.2) is 58.3 Å². The SMILES string of the molecule is CC(C)NS(=O)(=O)c1ccc(C(=O)Nc2ccc(SC(=O)N(C)C)cc2)cc1. The van der Waals surface area contributed by atoms with E-state index in [1.54, 1.807) is 52.2 Å². The predicted octanol–water partition coefficient (Wildman–Crippen LogP) is 3.40. The van der Waals surface area contributed by atoms with Crippen LogP contribution in [0.2, 0.25) is 0 Å². The second-order valence-corrected chi connectivity index (χ2v) is 9.28. The molecular weight excluding hydrogens is 398 g/mol. The molecule has 0 aromatic heterocycles. The van der Waals surface area contributed by atoms with E-state index < -0.39 is 10.0 Å². The maximum Gasteiger partial charge on any atom is 0.285 e. The van der Waals surface area contributed by atoms with Gasteiger partial charge in [0.15, 0.2) is 0 Å². The largest absolute Gasteiger partial charge is 0.339 e. The number of hydrogen-bond acceptors (Lipinski definition) is 5. The molecule has 2 aromatic rings. The van der Waals surface area contributed by atoms with Gasteiger partial charge >= 0.3 is 0 Å². The van der Waals surface area contributed by atoms with Gasteiger partial charge < -0.3 is 10.2 Å². The molecule has 0 unspecified atom stereocenters. The molecule has 0 heterocycles. The summed E-state index contributed by atoms with van der Waals surface area (Å²) in [6.07, 6.45) is 0. The zero-order valence-electron chi connectivity index (χ0n) is 16.1. The minimum absolute atomic E-state index is 0.0845. The maximum atomic E-state index is 12.4. The molecule has 0 atom stereocenters. The Morgan fingerprint density at radius 3 is 2.04 bits per heavy atom. The molecule has 2 aromatic carbocycles. The van der Waals surface area contributed by atoms with Gasteiger partial charge in [-0.05, 0) is 74.1 Å². The Labute approximate surface area is 169 Å². The molecule has 2 N–H and O–H groups in total. The predicted molar refractivity (Wildman–Crippen MR) is 111 cm³/mol. The second kappa shape index (κ2) is 9.22. The fourth-order valence-corrected chi connectivity index (χ4v) is 4.07. The summed E-state index contributed by atoms with van der Waals surface area (Å²) in [5, 5.41) is 2.66. The lowest BCUT2D eigenvalue weighted by Gasteiger charge is -2.11. The number of rotatable bonds is 6. The van der Waals surface area contributed by atoms with Crippen molar-refractivity contribution < 1.29 is 18.0 Å². The third-order valence-electron chi connectivity index (χ3n) is 3.50. The summed E-state index contributed by atoms with van der Waals surface area (Å²) < 4.78 is 26.7. The van der Waals surface area contributed by atoms with Crippen molar-refractivity contribution in [3.05, 3.63) is 54.1 Å². The number of nitrogens with zero attached hydrogens (tertiary/aromatic N) is 1. The zero-order valence-corrected chi connectivity index (χ0v) is 17.7. The van der Waals surface area contributed by atoms with Gasteiger partial charge in [-0.3, -0.25) is 9.59 Å². The van der Waals surface area contributed by atoms with Crippen LogP contribution in [0.25, 0.3) is 0 Å². The molecule has 0 bridgehead atoms. The summed E-state index contributed by atoms with van der Waals surface area (Å²) >= 11 is 1.10. The number of thioether (sulfide) groups is 1. The fourth-order valence-electron chi connectivity index (χ4n) is 2.17. The van der Waals surface area contributed by atoms with Gasteiger partial charge in [0.2, 0.25) is 10.0 Å². The lowest BCUT2D eigenvalue weighted by Crippen LogP contribution is -2.30. The number of sulfonamides is 1. The van der Waals surface area contributed by atoms with E-state index in [0.717, 1.165) is 16.7 Å². The molecular formula is C19H23N3O4S2. The molecule has 2 amide bonds. The lowest BCUT2D eigenvalue weighted by atomic mass is 10.2. The van der Waals surface area contributed by atoms with Crippen LogP contribution in [0, 0.1) is 0 Å². The Morgan fingerprint density at radius 1 is 0.964 bits per heavy atom. The van der Waals surface area contributed by atoms with Gasteiger partial charge in [0.1, 0.15) is 0 Å². The minimum atomic E-state index is -3.60. The van der Waals surface area contributed by atoms with Gasteiger partial charge in [-0.2, -0.15) is 0 Å². The highest BCUT2D eigenvalue weighted by Crippen LogP contribution is 2.22. The first-order valence-corrected chi connectivity index (χ1v) is 10.8. The summed E-state index contributed by atoms with van der Waals surface area (Å²) in [7, 11) is -0.237. The van der Waals surface area contributed by atoms with Crippen molar-refractivity contribution in [1.29, 1.82) is 0 Å². The van der Waals surface area contributed by atoms with Gasteiger partial charge in [-0.25, -0.2) is 13.1 Å². The third kappa shape index (κ3) is 6.08. The van der Waals surface area contributed by atoms with Crippen molar-refractivity contribution in [2.24, 2.45) is 0 Å². The first-order chi connectivity index (χ1) is 13.1. The van der Waals surface area contributed by atoms with E-state index in [0.29, 0.717) is 11.3 Å². The summed E-state index contributed by atoms with van der Waals surface area (Å²) in [6.45, 7) is 3.47. The first kappa shape index (κ1) is 21.9. The van der Waals surface area contributed by atoms with Gasteiger partial charge in [0, 0.05) is 36.3 Å². The summed E-state index contributed by atoms with van der Waals surface area (Å²) in [5.41, 5.74) is 0.912. The summed E-state index contributed by atoms with van der Waals surface area (Å²) in [4.78, 5) is 26.4. The van der Waals surface area contributed by atoms with E-state index in [4.69, 9.17) is 0 Å². The fraction of sp³-hybridized carbons (Fsp3) is 0.263. The van der Waals surface area contributed by atoms with Crippen LogP contribution in [0.1, 0.15) is 24.2 Å². The van der Waals surface area contributed by atoms with E-state index in [1.807, 2.05) is 0 Å². The molecule has 0 aliphatic rings. The highest BCUT2D eigenvalue weighted by molar-refractivity contribution is 8.13. The number of hydrogen-bond donors (Lipinski definition) is 2. The monoisotopic (exact) mass is 421 g/mol. The minimum Gasteiger partial charge on any atom is -0.339 e. The van der Waals surface area contributed by atoms with Gasteiger partial charge in [0.25, 0.3) is 11.1 Å². The molecule has 7 nitrogen and oxygen atoms in total. The van der Waals surface area contributed by atoms with Crippen LogP contribution in [0.5, 0.6) is 0 Å². The van der Waals surface area contributed by atoms with E-state index in [9.17, 15) is 18.0 Å². The standard InChI is InChI=1S/C19H23N3O4S2/c1-13(2)21-28(25,26)17-11-5-14(6-12-17)18(23)20-15-7-9-16(10-8-15)27-19(24)22(3)4/h5-13,21H,1-4H3,(H,20,23). The van der Waals surface area contributed by atoms with Crippen molar-refractivity contribution >= 4 is 38.6 Å². The summed E-state index contributed by atoms with van der Waals surface area (Å²) in [6, 6.07) is 12.4. The van der Waals surface area contributed by atoms with Crippen LogP contribution < -0.4 is 10.0 Å². The van der Waals surface area contributed by atoms with E-state index in [2.05, 4.69) is 10.0 Å². The first-order valence-electron chi connectivity index (χ1n) is 8.51. The van der Waals surface area contributed by atoms with Gasteiger partial charge in [-0.1, -0.05) is 0 Å². The molecule has 150 valence electrons. The number of carbonyl (C=O) groups excluding carboxylic acids is 2. The Kier molecular flexibility index (Phi) is 7.22. The molecule has 0 aliphatic heterocycles. The average molecular weight is 422 g/mol. The topological polar surface area (TPSA) is 95.6 Å². The molecule has 9 heteroatoms. The molecule has 0 radical (unpaired) electrons. The highest BCUT2D eigenvalue weighted by Gasteiger charge is 2.16. The van der Waals surface area contributed by atoms with Gasteiger partial charge in [-0.15, -0.1) is 0 Å². The van der Waals surface area contributed by atoms with Crippen molar-refractivity contribution in [2.45, 2.75) is 29.7 Å². The Hall–Kier alpha value is -2.36. The van der Waals surface area contributed by atoms with Crippen molar-refractivity contribution in [2.75, 3.05) is 19.4 Å². The maximum absolute atomic E-state index is 12.4. The van der Waals surface area contributed by atoms with Crippen molar-refractivity contribution in [1.82, 2.24) is 9.62 Å². The number of benzene rings is 2. The molecule has 28 heavy (non-hydrogen) atoms. The zero-order chi connectivity index (χ0) is 20.9. The lowest BCUT2D eigenvalue weighted by molar-refractivity contribution is 0.102. The normalized spacial score (nSPS) is 11.3. The molecule has 0 fully saturated rings. The van der Waals surface area contributed by atoms with Crippen molar-refractivity contribution in [3.8, 4) is 0 Å². The van der Waals surface area contributed by atoms with E-state index >= 15 is 0 Å². The van der Waals surface area contributed by atoms with Crippen LogP contribution in [0.4, 0.5) is 10.5 Å². The Bertz CT molecular complexity index is 938. The number of carbonyl (C=O) groups is 2. The quantitative estimate of drug-likeness (QED) is 0.697. The number of nitrogens with one attached hydrogen (secondary N) is 2. The van der Waals surface area contributed by atoms with Gasteiger partial charge in [0.05, 0.1) is 4.90 Å². The third-order valence-corrected chi connectivity index (χ3v) is 6.22.